The van der Waals surface area contributed by atoms with Crippen LogP contribution in [0.25, 0.3) is 0 Å². The van der Waals surface area contributed by atoms with Gasteiger partial charge in [0.25, 0.3) is 0 Å². The van der Waals surface area contributed by atoms with Gasteiger partial charge in [0.15, 0.2) is 5.78 Å². The molecule has 1 heterocycles. The van der Waals surface area contributed by atoms with E-state index in [1.54, 1.807) is 0 Å². The fraction of sp³-hybridized carbons (Fsp3) is 0.889. The van der Waals surface area contributed by atoms with E-state index >= 15 is 0 Å². The molecule has 2 aliphatic rings. The molecule has 11 heavy (non-hydrogen) atoms. The van der Waals surface area contributed by atoms with Crippen LogP contribution in [-0.4, -0.2) is 18.0 Å². The minimum absolute atomic E-state index is 0.0168. The Kier molecular flexibility index (Phi) is 1.72. The van der Waals surface area contributed by atoms with E-state index in [0.717, 1.165) is 12.8 Å². The predicted octanol–water partition coefficient (Wildman–Crippen LogP) is 1.53. The lowest BCUT2D eigenvalue weighted by Gasteiger charge is -2.16. The molecular weight excluding hydrogens is 140 g/mol. The highest BCUT2D eigenvalue weighted by atomic mass is 16.6. The minimum Gasteiger partial charge on any atom is -0.361 e. The highest BCUT2D eigenvalue weighted by Gasteiger charge is 2.49. The van der Waals surface area contributed by atoms with Gasteiger partial charge in [0.05, 0.1) is 6.10 Å². The van der Waals surface area contributed by atoms with Crippen LogP contribution in [0.1, 0.15) is 32.6 Å². The van der Waals surface area contributed by atoms with Gasteiger partial charge < -0.3 is 4.74 Å². The fourth-order valence-corrected chi connectivity index (χ4v) is 2.05. The zero-order chi connectivity index (χ0) is 7.84. The number of rotatable bonds is 2. The molecule has 62 valence electrons. The van der Waals surface area contributed by atoms with Crippen LogP contribution in [0, 0.1) is 5.92 Å². The molecule has 1 aliphatic heterocycles. The van der Waals surface area contributed by atoms with Crippen molar-refractivity contribution in [2.75, 3.05) is 0 Å². The Balaban J connectivity index is 1.90. The van der Waals surface area contributed by atoms with Gasteiger partial charge in [-0.1, -0.05) is 19.8 Å². The summed E-state index contributed by atoms with van der Waals surface area (Å²) < 4.78 is 5.22. The van der Waals surface area contributed by atoms with E-state index in [1.807, 2.05) is 0 Å². The van der Waals surface area contributed by atoms with Crippen LogP contribution >= 0.6 is 0 Å². The molecule has 0 amide bonds. The largest absolute Gasteiger partial charge is 0.361 e. The summed E-state index contributed by atoms with van der Waals surface area (Å²) in [6, 6.07) is 0. The maximum Gasteiger partial charge on any atom is 0.164 e. The topological polar surface area (TPSA) is 29.6 Å². The number of fused-ring (bicyclic) bond motifs is 1. The lowest BCUT2D eigenvalue weighted by Crippen LogP contribution is -2.22. The van der Waals surface area contributed by atoms with Crippen molar-refractivity contribution in [3.05, 3.63) is 0 Å². The van der Waals surface area contributed by atoms with Gasteiger partial charge in [-0.05, 0) is 12.3 Å². The maximum atomic E-state index is 11.2. The lowest BCUT2D eigenvalue weighted by molar-refractivity contribution is -0.121. The van der Waals surface area contributed by atoms with Gasteiger partial charge in [-0.3, -0.25) is 4.79 Å². The normalized spacial score (nSPS) is 41.9. The minimum atomic E-state index is 0.0168. The van der Waals surface area contributed by atoms with Crippen LogP contribution in [0.5, 0.6) is 0 Å². The quantitative estimate of drug-likeness (QED) is 0.564. The van der Waals surface area contributed by atoms with Crippen molar-refractivity contribution in [1.29, 1.82) is 0 Å². The lowest BCUT2D eigenvalue weighted by atomic mass is 9.85. The summed E-state index contributed by atoms with van der Waals surface area (Å²) in [7, 11) is 0. The van der Waals surface area contributed by atoms with Gasteiger partial charge in [-0.15, -0.1) is 0 Å². The molecule has 0 bridgehead atoms. The molecule has 2 heteroatoms. The van der Waals surface area contributed by atoms with E-state index in [9.17, 15) is 4.79 Å². The van der Waals surface area contributed by atoms with Crippen LogP contribution in [-0.2, 0) is 9.53 Å². The monoisotopic (exact) mass is 154 g/mol. The summed E-state index contributed by atoms with van der Waals surface area (Å²) in [6.45, 7) is 2.17. The molecule has 1 saturated heterocycles. The standard InChI is InChI=1S/C9H14O2/c1-2-3-6-4-7(10)9-8(5-6)11-9/h6,8-9H,2-5H2,1H3. The molecule has 0 aromatic heterocycles. The number of Topliss-reactive ketones (excluding diaryl/α,β-unsaturated/α-hetero) is 1. The van der Waals surface area contributed by atoms with Crippen molar-refractivity contribution in [2.24, 2.45) is 5.92 Å². The van der Waals surface area contributed by atoms with Crippen LogP contribution in [0.2, 0.25) is 0 Å². The zero-order valence-electron chi connectivity index (χ0n) is 6.88. The Bertz CT molecular complexity index is 176. The molecule has 2 rings (SSSR count). The van der Waals surface area contributed by atoms with Gasteiger partial charge in [-0.25, -0.2) is 0 Å². The van der Waals surface area contributed by atoms with Crippen molar-refractivity contribution in [1.82, 2.24) is 0 Å². The highest BCUT2D eigenvalue weighted by Crippen LogP contribution is 2.38. The second kappa shape index (κ2) is 2.59. The van der Waals surface area contributed by atoms with Gasteiger partial charge in [0.1, 0.15) is 6.10 Å². The molecule has 1 aliphatic carbocycles. The van der Waals surface area contributed by atoms with Gasteiger partial charge in [-0.2, -0.15) is 0 Å². The summed E-state index contributed by atoms with van der Waals surface area (Å²) >= 11 is 0. The third-order valence-corrected chi connectivity index (χ3v) is 2.65. The number of ether oxygens (including phenoxy) is 1. The molecule has 3 unspecified atom stereocenters. The van der Waals surface area contributed by atoms with E-state index in [2.05, 4.69) is 6.92 Å². The number of carbonyl (C=O) groups is 1. The Morgan fingerprint density at radius 2 is 2.45 bits per heavy atom. The molecular formula is C9H14O2. The van der Waals surface area contributed by atoms with E-state index < -0.39 is 0 Å². The van der Waals surface area contributed by atoms with Crippen LogP contribution in [0.3, 0.4) is 0 Å². The Labute approximate surface area is 66.9 Å². The Morgan fingerprint density at radius 3 is 3.09 bits per heavy atom. The van der Waals surface area contributed by atoms with Gasteiger partial charge in [0.2, 0.25) is 0 Å². The first-order chi connectivity index (χ1) is 5.31. The number of hydrogen-bond donors (Lipinski definition) is 0. The molecule has 0 aromatic rings. The average molecular weight is 154 g/mol. The second-order valence-corrected chi connectivity index (χ2v) is 3.66. The van der Waals surface area contributed by atoms with Gasteiger partial charge in [0, 0.05) is 6.42 Å². The zero-order valence-corrected chi connectivity index (χ0v) is 6.88. The van der Waals surface area contributed by atoms with Crippen LogP contribution < -0.4 is 0 Å². The van der Waals surface area contributed by atoms with E-state index in [1.165, 1.54) is 12.8 Å². The molecule has 0 spiro atoms. The first-order valence-electron chi connectivity index (χ1n) is 4.49. The van der Waals surface area contributed by atoms with E-state index in [-0.39, 0.29) is 6.10 Å². The number of hydrogen-bond acceptors (Lipinski definition) is 2. The fourth-order valence-electron chi connectivity index (χ4n) is 2.05. The van der Waals surface area contributed by atoms with Crippen molar-refractivity contribution < 1.29 is 9.53 Å². The molecule has 2 fully saturated rings. The Morgan fingerprint density at radius 1 is 1.64 bits per heavy atom. The molecule has 3 atom stereocenters. The first kappa shape index (κ1) is 7.29. The summed E-state index contributed by atoms with van der Waals surface area (Å²) in [4.78, 5) is 11.2. The van der Waals surface area contributed by atoms with Crippen molar-refractivity contribution >= 4 is 5.78 Å². The predicted molar refractivity (Wildman–Crippen MR) is 41.3 cm³/mol. The second-order valence-electron chi connectivity index (χ2n) is 3.66. The number of epoxide rings is 1. The van der Waals surface area contributed by atoms with E-state index in [0.29, 0.717) is 17.8 Å². The molecule has 0 N–H and O–H groups in total. The summed E-state index contributed by atoms with van der Waals surface area (Å²) in [5.74, 6) is 0.968. The SMILES string of the molecule is CCCC1CC(=O)C2OC2C1. The number of ketones is 1. The van der Waals surface area contributed by atoms with Crippen molar-refractivity contribution in [2.45, 2.75) is 44.8 Å². The molecule has 2 nitrogen and oxygen atoms in total. The first-order valence-corrected chi connectivity index (χ1v) is 4.49. The summed E-state index contributed by atoms with van der Waals surface area (Å²) in [5.41, 5.74) is 0. The van der Waals surface area contributed by atoms with Crippen LogP contribution in [0.4, 0.5) is 0 Å². The summed E-state index contributed by atoms with van der Waals surface area (Å²) in [5, 5.41) is 0. The van der Waals surface area contributed by atoms with Crippen molar-refractivity contribution in [3.63, 3.8) is 0 Å². The average Bonchev–Trinajstić information content (AvgIpc) is 2.67. The third-order valence-electron chi connectivity index (χ3n) is 2.65. The maximum absolute atomic E-state index is 11.2. The Hall–Kier alpha value is -0.370. The summed E-state index contributed by atoms with van der Waals surface area (Å²) in [6.07, 6.45) is 4.61. The van der Waals surface area contributed by atoms with E-state index in [4.69, 9.17) is 4.74 Å². The number of carbonyl (C=O) groups excluding carboxylic acids is 1. The molecule has 1 saturated carbocycles. The van der Waals surface area contributed by atoms with Gasteiger partial charge >= 0.3 is 0 Å². The highest BCUT2D eigenvalue weighted by molar-refractivity contribution is 5.87. The third kappa shape index (κ3) is 1.32. The smallest absolute Gasteiger partial charge is 0.164 e. The van der Waals surface area contributed by atoms with Crippen molar-refractivity contribution in [3.8, 4) is 0 Å². The molecule has 0 aromatic carbocycles. The van der Waals surface area contributed by atoms with Crippen LogP contribution in [0.15, 0.2) is 0 Å². The molecule has 0 radical (unpaired) electrons.